The molecule has 134 valence electrons. The summed E-state index contributed by atoms with van der Waals surface area (Å²) in [6.45, 7) is 3.33. The molecule has 0 bridgehead atoms. The Hall–Kier alpha value is -0.120. The van der Waals surface area contributed by atoms with Gasteiger partial charge in [-0.1, -0.05) is 34.2 Å². The second-order valence-corrected chi connectivity index (χ2v) is 9.85. The molecular weight excluding hydrogens is 412 g/mol. The molecule has 1 N–H and O–H groups in total. The predicted octanol–water partition coefficient (Wildman–Crippen LogP) is 2.34. The largest absolute Gasteiger partial charge is 0.381 e. The van der Waals surface area contributed by atoms with Gasteiger partial charge >= 0.3 is 0 Å². The highest BCUT2D eigenvalue weighted by Gasteiger charge is 2.34. The number of thiocarbonyl (C=S) groups is 1. The maximum Gasteiger partial charge on any atom is 0.244 e. The third-order valence-corrected chi connectivity index (χ3v) is 7.82. The Morgan fingerprint density at radius 3 is 2.88 bits per heavy atom. The number of piperazine rings is 1. The van der Waals surface area contributed by atoms with E-state index in [0.717, 1.165) is 37.0 Å². The van der Waals surface area contributed by atoms with Crippen LogP contribution >= 0.6 is 28.1 Å². The van der Waals surface area contributed by atoms with Crippen LogP contribution in [0.4, 0.5) is 0 Å². The molecule has 1 atom stereocenters. The molecule has 0 aromatic heterocycles. The molecule has 2 saturated heterocycles. The van der Waals surface area contributed by atoms with Crippen LogP contribution in [0.5, 0.6) is 0 Å². The molecular formula is C16H23BrN2O3S2. The molecule has 1 aliphatic carbocycles. The molecule has 0 amide bonds. The highest BCUT2D eigenvalue weighted by Crippen LogP contribution is 2.28. The molecule has 2 aliphatic heterocycles. The zero-order chi connectivity index (χ0) is 17.2. The van der Waals surface area contributed by atoms with Crippen LogP contribution in [0.15, 0.2) is 21.5 Å². The van der Waals surface area contributed by atoms with Crippen molar-refractivity contribution in [2.45, 2.75) is 31.7 Å². The average molecular weight is 435 g/mol. The van der Waals surface area contributed by atoms with Crippen molar-refractivity contribution in [2.75, 3.05) is 32.8 Å². The molecule has 2 fully saturated rings. The van der Waals surface area contributed by atoms with E-state index >= 15 is 0 Å². The summed E-state index contributed by atoms with van der Waals surface area (Å²) in [6.07, 6.45) is 7.17. The third kappa shape index (κ3) is 4.34. The van der Waals surface area contributed by atoms with Gasteiger partial charge in [-0.15, -0.1) is 0 Å². The van der Waals surface area contributed by atoms with Crippen LogP contribution in [0, 0.1) is 5.92 Å². The van der Waals surface area contributed by atoms with Crippen LogP contribution in [0.3, 0.4) is 0 Å². The number of nitrogens with one attached hydrogen (secondary N) is 1. The van der Waals surface area contributed by atoms with Gasteiger partial charge in [0.15, 0.2) is 0 Å². The van der Waals surface area contributed by atoms with Crippen molar-refractivity contribution in [1.82, 2.24) is 9.62 Å². The van der Waals surface area contributed by atoms with Crippen molar-refractivity contribution in [3.05, 3.63) is 21.5 Å². The second kappa shape index (κ2) is 8.05. The molecule has 0 spiro atoms. The highest BCUT2D eigenvalue weighted by molar-refractivity contribution is 9.11. The summed E-state index contributed by atoms with van der Waals surface area (Å²) in [7, 11) is -3.52. The van der Waals surface area contributed by atoms with Crippen molar-refractivity contribution in [2.24, 2.45) is 5.92 Å². The van der Waals surface area contributed by atoms with E-state index < -0.39 is 10.0 Å². The van der Waals surface area contributed by atoms with Crippen LogP contribution < -0.4 is 5.32 Å². The molecule has 0 aromatic carbocycles. The first-order chi connectivity index (χ1) is 11.5. The molecule has 0 aromatic rings. The van der Waals surface area contributed by atoms with Gasteiger partial charge in [0.2, 0.25) is 10.0 Å². The smallest absolute Gasteiger partial charge is 0.244 e. The van der Waals surface area contributed by atoms with E-state index in [4.69, 9.17) is 17.0 Å². The zero-order valence-electron chi connectivity index (χ0n) is 13.5. The number of rotatable bonds is 4. The number of sulfonamides is 1. The number of halogens is 1. The molecule has 0 saturated carbocycles. The molecule has 24 heavy (non-hydrogen) atoms. The lowest BCUT2D eigenvalue weighted by molar-refractivity contribution is 0.0586. The van der Waals surface area contributed by atoms with E-state index in [1.807, 2.05) is 6.08 Å². The Balaban J connectivity index is 1.69. The maximum atomic E-state index is 13.0. The average Bonchev–Trinajstić information content (AvgIpc) is 2.58. The molecule has 8 heteroatoms. The van der Waals surface area contributed by atoms with E-state index in [-0.39, 0.29) is 10.9 Å². The van der Waals surface area contributed by atoms with E-state index in [1.165, 1.54) is 0 Å². The van der Waals surface area contributed by atoms with E-state index in [2.05, 4.69) is 21.2 Å². The fraction of sp³-hybridized carbons (Fsp3) is 0.688. The molecule has 0 unspecified atom stereocenters. The fourth-order valence-corrected chi connectivity index (χ4v) is 6.10. The first kappa shape index (κ1) is 18.7. The molecule has 0 radical (unpaired) electrons. The van der Waals surface area contributed by atoms with E-state index in [1.54, 1.807) is 10.4 Å². The number of allylic oxidation sites excluding steroid dienone is 4. The van der Waals surface area contributed by atoms with Crippen LogP contribution in [0.25, 0.3) is 0 Å². The van der Waals surface area contributed by atoms with Gasteiger partial charge in [-0.05, 0) is 31.3 Å². The van der Waals surface area contributed by atoms with Gasteiger partial charge < -0.3 is 10.1 Å². The lowest BCUT2D eigenvalue weighted by Gasteiger charge is -2.36. The Morgan fingerprint density at radius 1 is 1.38 bits per heavy atom. The summed E-state index contributed by atoms with van der Waals surface area (Å²) in [6, 6.07) is 0.202. The number of nitrogens with zero attached hydrogens (tertiary/aromatic N) is 1. The molecule has 2 heterocycles. The summed E-state index contributed by atoms with van der Waals surface area (Å²) in [5.74, 6) is 0.617. The van der Waals surface area contributed by atoms with Gasteiger partial charge in [-0.2, -0.15) is 4.31 Å². The Labute approximate surface area is 157 Å². The summed E-state index contributed by atoms with van der Waals surface area (Å²) < 4.78 is 33.8. The van der Waals surface area contributed by atoms with Gasteiger partial charge in [0.05, 0.1) is 4.91 Å². The summed E-state index contributed by atoms with van der Waals surface area (Å²) in [5, 5.41) is 3.47. The van der Waals surface area contributed by atoms with Gasteiger partial charge in [-0.3, -0.25) is 0 Å². The highest BCUT2D eigenvalue weighted by atomic mass is 79.9. The molecule has 3 rings (SSSR count). The van der Waals surface area contributed by atoms with Crippen molar-refractivity contribution in [1.29, 1.82) is 0 Å². The fourth-order valence-electron chi connectivity index (χ4n) is 3.47. The van der Waals surface area contributed by atoms with Crippen LogP contribution in [0.1, 0.15) is 25.7 Å². The van der Waals surface area contributed by atoms with Crippen LogP contribution in [-0.2, 0) is 14.8 Å². The Kier molecular flexibility index (Phi) is 6.26. The van der Waals surface area contributed by atoms with Crippen molar-refractivity contribution in [3.8, 4) is 0 Å². The van der Waals surface area contributed by atoms with Gasteiger partial charge in [0, 0.05) is 54.7 Å². The molecule has 5 nitrogen and oxygen atoms in total. The first-order valence-electron chi connectivity index (χ1n) is 8.38. The Morgan fingerprint density at radius 2 is 2.12 bits per heavy atom. The minimum absolute atomic E-state index is 0.202. The normalized spacial score (nSPS) is 27.7. The van der Waals surface area contributed by atoms with Crippen LogP contribution in [0.2, 0.25) is 0 Å². The minimum Gasteiger partial charge on any atom is -0.381 e. The SMILES string of the molecule is O=S(=O)(C1=CC(Br)=CCC1=S)N1CCN[C@@H](CC2CCOCC2)C1. The zero-order valence-corrected chi connectivity index (χ0v) is 16.8. The summed E-state index contributed by atoms with van der Waals surface area (Å²) in [5.41, 5.74) is 0. The van der Waals surface area contributed by atoms with Crippen molar-refractivity contribution < 1.29 is 13.2 Å². The third-order valence-electron chi connectivity index (χ3n) is 4.82. The second-order valence-electron chi connectivity index (χ2n) is 6.53. The minimum atomic E-state index is -3.52. The lowest BCUT2D eigenvalue weighted by Crippen LogP contribution is -2.53. The van der Waals surface area contributed by atoms with Gasteiger partial charge in [-0.25, -0.2) is 8.42 Å². The standard InChI is InChI=1S/C16H23BrN2O3S2/c17-13-1-2-15(23)16(10-13)24(20,21)19-6-5-18-14(11-19)9-12-3-7-22-8-4-12/h1,10,12,14,18H,2-9,11H2/t14-/m0/s1. The van der Waals surface area contributed by atoms with Gasteiger partial charge in [0.1, 0.15) is 0 Å². The number of hydrogen-bond donors (Lipinski definition) is 1. The molecule has 3 aliphatic rings. The monoisotopic (exact) mass is 434 g/mol. The van der Waals surface area contributed by atoms with E-state index in [0.29, 0.717) is 36.8 Å². The number of hydrogen-bond acceptors (Lipinski definition) is 5. The quantitative estimate of drug-likeness (QED) is 0.688. The topological polar surface area (TPSA) is 58.6 Å². The van der Waals surface area contributed by atoms with Crippen LogP contribution in [-0.4, -0.2) is 56.5 Å². The van der Waals surface area contributed by atoms with E-state index in [9.17, 15) is 8.42 Å². The van der Waals surface area contributed by atoms with Crippen molar-refractivity contribution >= 4 is 43.0 Å². The Bertz CT molecular complexity index is 654. The maximum absolute atomic E-state index is 13.0. The lowest BCUT2D eigenvalue weighted by atomic mass is 9.92. The summed E-state index contributed by atoms with van der Waals surface area (Å²) >= 11 is 8.66. The number of ether oxygens (including phenoxy) is 1. The predicted molar refractivity (Wildman–Crippen MR) is 103 cm³/mol. The summed E-state index contributed by atoms with van der Waals surface area (Å²) in [4.78, 5) is 0.774. The first-order valence-corrected chi connectivity index (χ1v) is 11.0. The van der Waals surface area contributed by atoms with Crippen molar-refractivity contribution in [3.63, 3.8) is 0 Å². The van der Waals surface area contributed by atoms with Gasteiger partial charge in [0.25, 0.3) is 0 Å².